The van der Waals surface area contributed by atoms with E-state index in [-0.39, 0.29) is 0 Å². The maximum absolute atomic E-state index is 2.78. The summed E-state index contributed by atoms with van der Waals surface area (Å²) in [6.07, 6.45) is 2.64. The molecule has 6 atom stereocenters. The van der Waals surface area contributed by atoms with Gasteiger partial charge in [0.1, 0.15) is 0 Å². The fourth-order valence-corrected chi connectivity index (χ4v) is 5.32. The van der Waals surface area contributed by atoms with Crippen molar-refractivity contribution in [2.75, 3.05) is 6.67 Å². The maximum atomic E-state index is 2.78. The maximum Gasteiger partial charge on any atom is 0.0524 e. The molecule has 1 aliphatic carbocycles. The molecule has 1 saturated heterocycles. The second-order valence-electron chi connectivity index (χ2n) is 8.90. The average molecular weight is 363 g/mol. The third-order valence-corrected chi connectivity index (χ3v) is 7.38. The summed E-state index contributed by atoms with van der Waals surface area (Å²) in [5.41, 5.74) is 2.88. The summed E-state index contributed by atoms with van der Waals surface area (Å²) in [5.74, 6) is 1.62. The Balaban J connectivity index is 1.63. The number of fused-ring (bicyclic) bond motifs is 1. The molecule has 0 radical (unpaired) electrons. The first-order chi connectivity index (χ1) is 13.1. The van der Waals surface area contributed by atoms with Gasteiger partial charge in [-0.2, -0.15) is 0 Å². The molecule has 0 aromatic heterocycles. The third-order valence-electron chi connectivity index (χ3n) is 7.38. The van der Waals surface area contributed by atoms with E-state index in [1.54, 1.807) is 0 Å². The molecule has 0 unspecified atom stereocenters. The second-order valence-corrected chi connectivity index (χ2v) is 8.90. The van der Waals surface area contributed by atoms with Gasteiger partial charge in [0.05, 0.1) is 6.67 Å². The topological polar surface area (TPSA) is 6.48 Å². The lowest BCUT2D eigenvalue weighted by molar-refractivity contribution is 0.103. The van der Waals surface area contributed by atoms with Gasteiger partial charge in [-0.25, -0.2) is 0 Å². The average Bonchev–Trinajstić information content (AvgIpc) is 3.06. The van der Waals surface area contributed by atoms with Crippen LogP contribution in [-0.2, 0) is 0 Å². The van der Waals surface area contributed by atoms with E-state index in [1.807, 2.05) is 0 Å². The van der Waals surface area contributed by atoms with Crippen molar-refractivity contribution in [3.63, 3.8) is 0 Å². The van der Waals surface area contributed by atoms with E-state index in [1.165, 1.54) is 24.0 Å². The lowest BCUT2D eigenvalue weighted by atomic mass is 9.75. The van der Waals surface area contributed by atoms with Crippen LogP contribution < -0.4 is 0 Å². The summed E-state index contributed by atoms with van der Waals surface area (Å²) in [5, 5.41) is 0. The first-order valence-corrected chi connectivity index (χ1v) is 10.7. The Hall–Kier alpha value is -1.64. The van der Waals surface area contributed by atoms with Crippen LogP contribution in [0.3, 0.4) is 0 Å². The van der Waals surface area contributed by atoms with Crippen LogP contribution in [0, 0.1) is 11.8 Å². The molecule has 0 amide bonds. The zero-order chi connectivity index (χ0) is 19.0. The zero-order valence-electron chi connectivity index (χ0n) is 17.3. The van der Waals surface area contributed by atoms with Crippen molar-refractivity contribution in [2.24, 2.45) is 11.8 Å². The van der Waals surface area contributed by atoms with Gasteiger partial charge in [0.2, 0.25) is 0 Å². The summed E-state index contributed by atoms with van der Waals surface area (Å²) in [7, 11) is 0. The molecule has 0 N–H and O–H groups in total. The van der Waals surface area contributed by atoms with Crippen LogP contribution in [0.1, 0.15) is 63.7 Å². The van der Waals surface area contributed by atoms with Gasteiger partial charge in [-0.3, -0.25) is 9.80 Å². The highest BCUT2D eigenvalue weighted by Gasteiger charge is 2.47. The van der Waals surface area contributed by atoms with Crippen LogP contribution in [0.2, 0.25) is 0 Å². The fourth-order valence-electron chi connectivity index (χ4n) is 5.32. The Labute approximate surface area is 165 Å². The van der Waals surface area contributed by atoms with E-state index in [2.05, 4.69) is 98.2 Å². The molecule has 4 rings (SSSR count). The van der Waals surface area contributed by atoms with Crippen molar-refractivity contribution in [1.29, 1.82) is 0 Å². The summed E-state index contributed by atoms with van der Waals surface area (Å²) in [4.78, 5) is 5.56. The molecule has 2 aromatic carbocycles. The molecule has 1 saturated carbocycles. The summed E-state index contributed by atoms with van der Waals surface area (Å²) in [6, 6.07) is 24.4. The monoisotopic (exact) mass is 362 g/mol. The molecule has 2 aliphatic rings. The van der Waals surface area contributed by atoms with Gasteiger partial charge in [0.15, 0.2) is 0 Å². The number of rotatable bonds is 4. The largest absolute Gasteiger partial charge is 0.279 e. The zero-order valence-corrected chi connectivity index (χ0v) is 17.3. The minimum atomic E-state index is 0.465. The summed E-state index contributed by atoms with van der Waals surface area (Å²) in [6.45, 7) is 10.8. The number of hydrogen-bond acceptors (Lipinski definition) is 2. The van der Waals surface area contributed by atoms with Gasteiger partial charge in [0, 0.05) is 24.2 Å². The van der Waals surface area contributed by atoms with Gasteiger partial charge in [-0.15, -0.1) is 0 Å². The van der Waals surface area contributed by atoms with E-state index in [0.717, 1.165) is 18.5 Å². The SMILES string of the molecule is C[C@@H]1C[C@@H]2[C@@H](C[C@@H]1C)N([C@@H](C)c1ccccc1)CN2[C@@H](C)c1ccccc1. The van der Waals surface area contributed by atoms with Crippen molar-refractivity contribution in [2.45, 2.75) is 64.7 Å². The standard InChI is InChI=1S/C25H34N2/c1-18-15-24-25(16-19(18)2)27(21(4)23-13-9-6-10-14-23)17-26(24)20(3)22-11-7-5-8-12-22/h5-14,18-21,24-25H,15-17H2,1-4H3/t18-,19+,20-,21-,24+,25+/m0/s1. The molecule has 0 spiro atoms. The Morgan fingerprint density at radius 2 is 1.04 bits per heavy atom. The highest BCUT2D eigenvalue weighted by atomic mass is 15.4. The highest BCUT2D eigenvalue weighted by Crippen LogP contribution is 2.44. The first kappa shape index (κ1) is 18.7. The molecule has 2 nitrogen and oxygen atoms in total. The van der Waals surface area contributed by atoms with E-state index in [0.29, 0.717) is 24.2 Å². The summed E-state index contributed by atoms with van der Waals surface area (Å²) >= 11 is 0. The molecule has 2 heteroatoms. The van der Waals surface area contributed by atoms with Gasteiger partial charge < -0.3 is 0 Å². The van der Waals surface area contributed by atoms with Crippen LogP contribution >= 0.6 is 0 Å². The molecular weight excluding hydrogens is 328 g/mol. The third kappa shape index (κ3) is 3.58. The molecule has 1 aliphatic heterocycles. The molecule has 0 bridgehead atoms. The normalized spacial score (nSPS) is 31.4. The fraction of sp³-hybridized carbons (Fsp3) is 0.520. The van der Waals surface area contributed by atoms with Gasteiger partial charge in [0.25, 0.3) is 0 Å². The minimum Gasteiger partial charge on any atom is -0.279 e. The highest BCUT2D eigenvalue weighted by molar-refractivity contribution is 5.22. The van der Waals surface area contributed by atoms with Crippen molar-refractivity contribution in [3.8, 4) is 0 Å². The molecule has 27 heavy (non-hydrogen) atoms. The van der Waals surface area contributed by atoms with Crippen LogP contribution in [0.5, 0.6) is 0 Å². The van der Waals surface area contributed by atoms with E-state index < -0.39 is 0 Å². The quantitative estimate of drug-likeness (QED) is 0.669. The molecular formula is C25H34N2. The van der Waals surface area contributed by atoms with Crippen molar-refractivity contribution in [3.05, 3.63) is 71.8 Å². The van der Waals surface area contributed by atoms with E-state index >= 15 is 0 Å². The van der Waals surface area contributed by atoms with Crippen LogP contribution in [0.4, 0.5) is 0 Å². The molecule has 2 fully saturated rings. The van der Waals surface area contributed by atoms with Gasteiger partial charge in [-0.1, -0.05) is 74.5 Å². The number of nitrogens with zero attached hydrogens (tertiary/aromatic N) is 2. The van der Waals surface area contributed by atoms with Crippen LogP contribution in [0.15, 0.2) is 60.7 Å². The lowest BCUT2D eigenvalue weighted by Gasteiger charge is -2.41. The molecule has 144 valence electrons. The Kier molecular flexibility index (Phi) is 5.39. The van der Waals surface area contributed by atoms with Crippen molar-refractivity contribution < 1.29 is 0 Å². The summed E-state index contributed by atoms with van der Waals surface area (Å²) < 4.78 is 0. The van der Waals surface area contributed by atoms with Crippen LogP contribution in [0.25, 0.3) is 0 Å². The van der Waals surface area contributed by atoms with E-state index in [4.69, 9.17) is 0 Å². The second kappa shape index (κ2) is 7.77. The van der Waals surface area contributed by atoms with Gasteiger partial charge in [-0.05, 0) is 49.7 Å². The Morgan fingerprint density at radius 3 is 1.41 bits per heavy atom. The lowest BCUT2D eigenvalue weighted by Crippen LogP contribution is -2.45. The van der Waals surface area contributed by atoms with E-state index in [9.17, 15) is 0 Å². The van der Waals surface area contributed by atoms with Gasteiger partial charge >= 0.3 is 0 Å². The first-order valence-electron chi connectivity index (χ1n) is 10.7. The predicted octanol–water partition coefficient (Wildman–Crippen LogP) is 5.89. The number of hydrogen-bond donors (Lipinski definition) is 0. The Bertz CT molecular complexity index is 665. The number of benzene rings is 2. The minimum absolute atomic E-state index is 0.465. The van der Waals surface area contributed by atoms with Crippen LogP contribution in [-0.4, -0.2) is 28.6 Å². The predicted molar refractivity (Wildman–Crippen MR) is 113 cm³/mol. The smallest absolute Gasteiger partial charge is 0.0524 e. The van der Waals surface area contributed by atoms with Crippen molar-refractivity contribution >= 4 is 0 Å². The van der Waals surface area contributed by atoms with Crippen molar-refractivity contribution in [1.82, 2.24) is 9.80 Å². The molecule has 1 heterocycles. The molecule has 2 aromatic rings. The Morgan fingerprint density at radius 1 is 0.667 bits per heavy atom.